The second kappa shape index (κ2) is 5.24. The third-order valence-corrected chi connectivity index (χ3v) is 4.39. The number of imidazole rings is 1. The molecule has 0 atom stereocenters. The average Bonchev–Trinajstić information content (AvgIpc) is 2.81. The predicted molar refractivity (Wildman–Crippen MR) is 84.2 cm³/mol. The predicted octanol–water partition coefficient (Wildman–Crippen LogP) is 4.08. The molecule has 1 aromatic heterocycles. The van der Waals surface area contributed by atoms with E-state index < -0.39 is 0 Å². The molecule has 0 fully saturated rings. The van der Waals surface area contributed by atoms with E-state index in [1.165, 1.54) is 22.5 Å². The number of methoxy groups -OCH3 is 1. The summed E-state index contributed by atoms with van der Waals surface area (Å²) in [5.74, 6) is 1.52. The Bertz CT molecular complexity index is 646. The average molecular weight is 335 g/mol. The first-order valence-electron chi connectivity index (χ1n) is 7.01. The highest BCUT2D eigenvalue weighted by atomic mass is 79.9. The van der Waals surface area contributed by atoms with Gasteiger partial charge in [0.05, 0.1) is 29.3 Å². The third kappa shape index (κ3) is 2.26. The SMILES string of the molecule is COc1cc2c(cc1Br)-c1c(CC(C)C)ncn1CC2. The first kappa shape index (κ1) is 13.7. The molecule has 0 N–H and O–H groups in total. The minimum atomic E-state index is 0.613. The zero-order valence-electron chi connectivity index (χ0n) is 12.1. The van der Waals surface area contributed by atoms with E-state index in [0.29, 0.717) is 5.92 Å². The highest BCUT2D eigenvalue weighted by Crippen LogP contribution is 2.38. The van der Waals surface area contributed by atoms with E-state index in [1.807, 2.05) is 6.33 Å². The Hall–Kier alpha value is -1.29. The monoisotopic (exact) mass is 334 g/mol. The van der Waals surface area contributed by atoms with Crippen LogP contribution in [0.3, 0.4) is 0 Å². The molecular formula is C16H19BrN2O. The largest absolute Gasteiger partial charge is 0.496 e. The van der Waals surface area contributed by atoms with Crippen molar-refractivity contribution in [3.05, 3.63) is 34.2 Å². The molecule has 0 aliphatic carbocycles. The Kier molecular flexibility index (Phi) is 3.59. The molecule has 0 amide bonds. The van der Waals surface area contributed by atoms with Gasteiger partial charge in [-0.3, -0.25) is 0 Å². The number of nitrogens with zero attached hydrogens (tertiary/aromatic N) is 2. The highest BCUT2D eigenvalue weighted by molar-refractivity contribution is 9.10. The number of hydrogen-bond donors (Lipinski definition) is 0. The summed E-state index contributed by atoms with van der Waals surface area (Å²) in [4.78, 5) is 4.63. The van der Waals surface area contributed by atoms with Gasteiger partial charge < -0.3 is 9.30 Å². The summed E-state index contributed by atoms with van der Waals surface area (Å²) in [6.45, 7) is 5.47. The summed E-state index contributed by atoms with van der Waals surface area (Å²) in [6, 6.07) is 4.32. The first-order chi connectivity index (χ1) is 9.60. The molecule has 0 unspecified atom stereocenters. The van der Waals surface area contributed by atoms with Crippen molar-refractivity contribution in [1.82, 2.24) is 9.55 Å². The number of aromatic nitrogens is 2. The van der Waals surface area contributed by atoms with Gasteiger partial charge in [-0.25, -0.2) is 4.98 Å². The number of halogens is 1. The maximum Gasteiger partial charge on any atom is 0.133 e. The topological polar surface area (TPSA) is 27.1 Å². The summed E-state index contributed by atoms with van der Waals surface area (Å²) in [6.07, 6.45) is 4.03. The molecular weight excluding hydrogens is 316 g/mol. The summed E-state index contributed by atoms with van der Waals surface area (Å²) in [5, 5.41) is 0. The van der Waals surface area contributed by atoms with E-state index in [1.54, 1.807) is 7.11 Å². The number of fused-ring (bicyclic) bond motifs is 3. The number of ether oxygens (including phenoxy) is 1. The number of aryl methyl sites for hydroxylation is 2. The Labute approximate surface area is 128 Å². The fourth-order valence-corrected chi connectivity index (χ4v) is 3.37. The van der Waals surface area contributed by atoms with Crippen molar-refractivity contribution in [2.45, 2.75) is 33.2 Å². The molecule has 3 nitrogen and oxygen atoms in total. The highest BCUT2D eigenvalue weighted by Gasteiger charge is 2.22. The van der Waals surface area contributed by atoms with Gasteiger partial charge in [0.1, 0.15) is 5.75 Å². The van der Waals surface area contributed by atoms with Crippen LogP contribution in [-0.4, -0.2) is 16.7 Å². The zero-order valence-corrected chi connectivity index (χ0v) is 13.7. The Balaban J connectivity index is 2.14. The fraction of sp³-hybridized carbons (Fsp3) is 0.438. The van der Waals surface area contributed by atoms with Crippen LogP contribution >= 0.6 is 15.9 Å². The fourth-order valence-electron chi connectivity index (χ4n) is 2.86. The summed E-state index contributed by atoms with van der Waals surface area (Å²) in [7, 11) is 1.71. The molecule has 0 saturated heterocycles. The number of benzene rings is 1. The standard InChI is InChI=1S/C16H19BrN2O/c1-10(2)6-14-16-12-8-13(17)15(20-3)7-11(12)4-5-19(16)9-18-14/h7-10H,4-6H2,1-3H3. The van der Waals surface area contributed by atoms with Crippen molar-refractivity contribution in [2.75, 3.05) is 7.11 Å². The lowest BCUT2D eigenvalue weighted by Crippen LogP contribution is -2.11. The lowest BCUT2D eigenvalue weighted by molar-refractivity contribution is 0.411. The third-order valence-electron chi connectivity index (χ3n) is 3.77. The minimum absolute atomic E-state index is 0.613. The van der Waals surface area contributed by atoms with E-state index in [-0.39, 0.29) is 0 Å². The van der Waals surface area contributed by atoms with E-state index >= 15 is 0 Å². The van der Waals surface area contributed by atoms with Crippen LogP contribution in [-0.2, 0) is 19.4 Å². The number of hydrogen-bond acceptors (Lipinski definition) is 2. The van der Waals surface area contributed by atoms with Gasteiger partial charge in [0.2, 0.25) is 0 Å². The van der Waals surface area contributed by atoms with Gasteiger partial charge in [-0.05, 0) is 52.4 Å². The molecule has 1 aromatic carbocycles. The Morgan fingerprint density at radius 2 is 2.20 bits per heavy atom. The van der Waals surface area contributed by atoms with Crippen LogP contribution in [0.2, 0.25) is 0 Å². The van der Waals surface area contributed by atoms with Crippen LogP contribution in [0, 0.1) is 5.92 Å². The second-order valence-electron chi connectivity index (χ2n) is 5.73. The molecule has 1 aliphatic heterocycles. The smallest absolute Gasteiger partial charge is 0.133 e. The molecule has 4 heteroatoms. The van der Waals surface area contributed by atoms with Crippen molar-refractivity contribution in [2.24, 2.45) is 5.92 Å². The molecule has 3 rings (SSSR count). The molecule has 0 radical (unpaired) electrons. The minimum Gasteiger partial charge on any atom is -0.496 e. The molecule has 0 saturated carbocycles. The van der Waals surface area contributed by atoms with Gasteiger partial charge in [0.15, 0.2) is 0 Å². The van der Waals surface area contributed by atoms with Gasteiger partial charge >= 0.3 is 0 Å². The van der Waals surface area contributed by atoms with Gasteiger partial charge in [0.25, 0.3) is 0 Å². The molecule has 0 spiro atoms. The van der Waals surface area contributed by atoms with Gasteiger partial charge in [0, 0.05) is 12.1 Å². The van der Waals surface area contributed by atoms with Gasteiger partial charge in [-0.15, -0.1) is 0 Å². The second-order valence-corrected chi connectivity index (χ2v) is 6.58. The van der Waals surface area contributed by atoms with E-state index in [4.69, 9.17) is 4.74 Å². The molecule has 20 heavy (non-hydrogen) atoms. The quantitative estimate of drug-likeness (QED) is 0.845. The zero-order chi connectivity index (χ0) is 14.3. The van der Waals surface area contributed by atoms with Crippen LogP contribution in [0.25, 0.3) is 11.3 Å². The summed E-state index contributed by atoms with van der Waals surface area (Å²) in [5.41, 5.74) is 5.13. The van der Waals surface area contributed by atoms with Crippen LogP contribution < -0.4 is 4.74 Å². The molecule has 2 heterocycles. The molecule has 0 bridgehead atoms. The first-order valence-corrected chi connectivity index (χ1v) is 7.80. The van der Waals surface area contributed by atoms with Gasteiger partial charge in [-0.1, -0.05) is 13.8 Å². The van der Waals surface area contributed by atoms with Crippen molar-refractivity contribution in [3.8, 4) is 17.0 Å². The van der Waals surface area contributed by atoms with Crippen LogP contribution in [0.15, 0.2) is 22.9 Å². The Morgan fingerprint density at radius 3 is 2.90 bits per heavy atom. The van der Waals surface area contributed by atoms with E-state index in [9.17, 15) is 0 Å². The maximum absolute atomic E-state index is 5.41. The van der Waals surface area contributed by atoms with Crippen molar-refractivity contribution < 1.29 is 4.74 Å². The number of rotatable bonds is 3. The van der Waals surface area contributed by atoms with Crippen molar-refractivity contribution >= 4 is 15.9 Å². The van der Waals surface area contributed by atoms with Crippen molar-refractivity contribution in [3.63, 3.8) is 0 Å². The maximum atomic E-state index is 5.41. The molecule has 1 aliphatic rings. The van der Waals surface area contributed by atoms with Crippen LogP contribution in [0.5, 0.6) is 5.75 Å². The molecule has 106 valence electrons. The van der Waals surface area contributed by atoms with Gasteiger partial charge in [-0.2, -0.15) is 0 Å². The summed E-state index contributed by atoms with van der Waals surface area (Å²) < 4.78 is 8.69. The summed E-state index contributed by atoms with van der Waals surface area (Å²) >= 11 is 3.60. The normalized spacial score (nSPS) is 13.2. The van der Waals surface area contributed by atoms with Crippen molar-refractivity contribution in [1.29, 1.82) is 0 Å². The lowest BCUT2D eigenvalue weighted by atomic mass is 9.94. The van der Waals surface area contributed by atoms with Crippen LogP contribution in [0.4, 0.5) is 0 Å². The van der Waals surface area contributed by atoms with Crippen LogP contribution in [0.1, 0.15) is 25.1 Å². The van der Waals surface area contributed by atoms with E-state index in [0.717, 1.165) is 29.6 Å². The molecule has 2 aromatic rings. The van der Waals surface area contributed by atoms with E-state index in [2.05, 4.69) is 51.5 Å². The Morgan fingerprint density at radius 1 is 1.40 bits per heavy atom. The lowest BCUT2D eigenvalue weighted by Gasteiger charge is -2.21.